The van der Waals surface area contributed by atoms with Crippen LogP contribution >= 0.6 is 0 Å². The number of hydrogen-bond acceptors (Lipinski definition) is 13. The molecule has 2 rings (SSSR count). The van der Waals surface area contributed by atoms with Crippen LogP contribution in [0.5, 0.6) is 5.75 Å². The highest BCUT2D eigenvalue weighted by molar-refractivity contribution is 7.85. The second-order valence-corrected chi connectivity index (χ2v) is 17.0. The van der Waals surface area contributed by atoms with E-state index in [9.17, 15) is 62.1 Å². The largest absolute Gasteiger partial charge is 0.508 e. The van der Waals surface area contributed by atoms with Gasteiger partial charge in [0.2, 0.25) is 65.0 Å². The normalized spacial score (nSPS) is 22.7. The van der Waals surface area contributed by atoms with E-state index in [2.05, 4.69) is 37.2 Å². The molecule has 1 aliphatic rings. The van der Waals surface area contributed by atoms with Crippen molar-refractivity contribution < 1.29 is 62.1 Å². The number of primary amides is 3. The predicted octanol–water partition coefficient (Wildman–Crippen LogP) is -5.35. The number of benzene rings is 1. The number of phenols is 1. The average Bonchev–Trinajstić information content (AvgIpc) is 3.22. The van der Waals surface area contributed by atoms with Crippen molar-refractivity contribution in [2.75, 3.05) is 31.6 Å². The number of likely N-dealkylation sites (N-methyl/N-ethyl adjacent to an activating group) is 1. The molecule has 14 N–H and O–H groups in total. The van der Waals surface area contributed by atoms with Crippen molar-refractivity contribution in [3.63, 3.8) is 0 Å². The molecule has 24 nitrogen and oxygen atoms in total. The maximum atomic E-state index is 13.9. The molecule has 0 radical (unpaired) electrons. The average molecular weight is 922 g/mol. The zero-order valence-corrected chi connectivity index (χ0v) is 36.9. The van der Waals surface area contributed by atoms with E-state index < -0.39 is 150 Å². The molecule has 0 aliphatic carbocycles. The number of phenolic OH excluding ortho intramolecular Hbond substituents is 1. The third-order valence-electron chi connectivity index (χ3n) is 9.94. The lowest BCUT2D eigenvalue weighted by Crippen LogP contribution is -2.61. The number of aromatic hydroxyl groups is 1. The summed E-state index contributed by atoms with van der Waals surface area (Å²) in [6.45, 7) is 3.48. The molecule has 8 atom stereocenters. The first-order valence-electron chi connectivity index (χ1n) is 20.3. The van der Waals surface area contributed by atoms with Crippen molar-refractivity contribution in [1.82, 2.24) is 42.1 Å². The molecule has 1 saturated heterocycles. The number of nitrogens with one attached hydrogen (secondary N) is 7. The quantitative estimate of drug-likeness (QED) is 0.0739. The Labute approximate surface area is 371 Å². The Bertz CT molecular complexity index is 1930. The van der Waals surface area contributed by atoms with E-state index in [0.717, 1.165) is 4.90 Å². The minimum atomic E-state index is -1.86. The highest BCUT2D eigenvalue weighted by Crippen LogP contribution is 2.14. The smallest absolute Gasteiger partial charge is 0.245 e. The molecule has 354 valence electrons. The van der Waals surface area contributed by atoms with Crippen LogP contribution in [0.4, 0.5) is 0 Å². The van der Waals surface area contributed by atoms with E-state index in [0.29, 0.717) is 12.0 Å². The highest BCUT2D eigenvalue weighted by Gasteiger charge is 2.36. The maximum Gasteiger partial charge on any atom is 0.245 e. The first kappa shape index (κ1) is 53.5. The highest BCUT2D eigenvalue weighted by atomic mass is 32.2. The lowest BCUT2D eigenvalue weighted by molar-refractivity contribution is -0.140. The van der Waals surface area contributed by atoms with Gasteiger partial charge in [-0.2, -0.15) is 0 Å². The molecule has 1 heterocycles. The van der Waals surface area contributed by atoms with Crippen molar-refractivity contribution in [3.05, 3.63) is 29.8 Å². The van der Waals surface area contributed by atoms with Crippen LogP contribution in [0, 0.1) is 5.92 Å². The van der Waals surface area contributed by atoms with Crippen LogP contribution in [0.15, 0.2) is 24.3 Å². The van der Waals surface area contributed by atoms with Crippen molar-refractivity contribution >= 4 is 75.8 Å². The standard InChI is InChI=1S/C39H59N11O13S/c1-5-20(2)33-38(61)46-24(10-11-28(40)52)35(58)48-27(17-29(41)53)36(59)47-25(39(62)50(4)19-32(56)44-21(3)34(57)43-18-30(42)54)12-14-64(63)15-13-31(55)45-26(37(60)49-33)16-22-6-8-23(51)9-7-22/h6-9,20-21,24-27,33,51H,5,10-19H2,1-4H3,(H2,40,52)(H2,41,53)(H2,42,54)(H,43,57)(H,44,56)(H,45,55)(H,46,61)(H,47,59)(H,48,58)(H,49,60)/t20-,21-,24-,25-,26+,27-,33-,64?/m0/s1. The van der Waals surface area contributed by atoms with Gasteiger partial charge < -0.3 is 64.4 Å². The number of amides is 11. The Morgan fingerprint density at radius 3 is 2.02 bits per heavy atom. The Kier molecular flexibility index (Phi) is 21.8. The van der Waals surface area contributed by atoms with Crippen LogP contribution < -0.4 is 54.4 Å². The molecule has 1 fully saturated rings. The van der Waals surface area contributed by atoms with E-state index >= 15 is 0 Å². The summed E-state index contributed by atoms with van der Waals surface area (Å²) in [5.74, 6) is -11.2. The number of carbonyl (C=O) groups is 11. The van der Waals surface area contributed by atoms with Crippen LogP contribution in [0.2, 0.25) is 0 Å². The number of nitrogens with zero attached hydrogens (tertiary/aromatic N) is 1. The summed E-state index contributed by atoms with van der Waals surface area (Å²) in [7, 11) is -0.680. The molecule has 25 heteroatoms. The maximum absolute atomic E-state index is 13.9. The topological polar surface area (TPSA) is 391 Å². The van der Waals surface area contributed by atoms with Crippen molar-refractivity contribution in [1.29, 1.82) is 0 Å². The van der Waals surface area contributed by atoms with Gasteiger partial charge in [0.15, 0.2) is 0 Å². The van der Waals surface area contributed by atoms with E-state index in [1.165, 1.54) is 38.2 Å². The molecule has 1 aliphatic heterocycles. The number of nitrogens with two attached hydrogens (primary N) is 3. The van der Waals surface area contributed by atoms with Crippen LogP contribution in [-0.4, -0.2) is 147 Å². The van der Waals surface area contributed by atoms with E-state index in [4.69, 9.17) is 17.2 Å². The molecule has 64 heavy (non-hydrogen) atoms. The minimum absolute atomic E-state index is 0.0590. The number of rotatable bonds is 16. The summed E-state index contributed by atoms with van der Waals surface area (Å²) >= 11 is 0. The van der Waals surface area contributed by atoms with Crippen LogP contribution in [0.1, 0.15) is 64.9 Å². The monoisotopic (exact) mass is 921 g/mol. The van der Waals surface area contributed by atoms with Gasteiger partial charge in [-0.15, -0.1) is 0 Å². The van der Waals surface area contributed by atoms with Gasteiger partial charge >= 0.3 is 0 Å². The Hall–Kier alpha value is -6.66. The van der Waals surface area contributed by atoms with Gasteiger partial charge in [0.05, 0.1) is 19.5 Å². The van der Waals surface area contributed by atoms with Crippen molar-refractivity contribution in [2.45, 2.75) is 102 Å². The summed E-state index contributed by atoms with van der Waals surface area (Å²) in [4.78, 5) is 144. The van der Waals surface area contributed by atoms with Gasteiger partial charge in [0.25, 0.3) is 0 Å². The molecule has 1 unspecified atom stereocenters. The lowest BCUT2D eigenvalue weighted by Gasteiger charge is -2.29. The lowest BCUT2D eigenvalue weighted by atomic mass is 9.96. The summed E-state index contributed by atoms with van der Waals surface area (Å²) in [6.07, 6.45) is -2.25. The van der Waals surface area contributed by atoms with Crippen LogP contribution in [0.3, 0.4) is 0 Å². The zero-order valence-electron chi connectivity index (χ0n) is 36.1. The van der Waals surface area contributed by atoms with Gasteiger partial charge in [0, 0.05) is 48.6 Å². The van der Waals surface area contributed by atoms with Crippen LogP contribution in [0.25, 0.3) is 0 Å². The van der Waals surface area contributed by atoms with E-state index in [1.807, 2.05) is 0 Å². The summed E-state index contributed by atoms with van der Waals surface area (Å²) in [5.41, 5.74) is 16.3. The SMILES string of the molecule is CC[C@H](C)[C@@H]1NC(=O)[C@@H](Cc2ccc(O)cc2)NC(=O)CCS(=O)CC[C@@H](C(=O)N(C)CC(=O)N[C@@H](C)C(=O)NCC(N)=O)NC(=O)[C@H](CC(N)=O)NC(=O)[C@H](CCC(N)=O)NC1=O. The summed E-state index contributed by atoms with van der Waals surface area (Å²) in [6, 6.07) is -3.04. The fourth-order valence-electron chi connectivity index (χ4n) is 6.13. The molecule has 1 aromatic rings. The molecular formula is C39H59N11O13S. The van der Waals surface area contributed by atoms with Crippen LogP contribution in [-0.2, 0) is 70.0 Å². The second-order valence-electron chi connectivity index (χ2n) is 15.3. The molecule has 0 bridgehead atoms. The minimum Gasteiger partial charge on any atom is -0.508 e. The Balaban J connectivity index is 2.57. The fraction of sp³-hybridized carbons (Fsp3) is 0.564. The van der Waals surface area contributed by atoms with Gasteiger partial charge in [-0.3, -0.25) is 56.9 Å². The molecule has 0 spiro atoms. The first-order chi connectivity index (χ1) is 30.0. The first-order valence-corrected chi connectivity index (χ1v) is 21.8. The molecule has 0 aromatic heterocycles. The molecule has 1 aromatic carbocycles. The number of carbonyl (C=O) groups excluding carboxylic acids is 11. The fourth-order valence-corrected chi connectivity index (χ4v) is 7.24. The van der Waals surface area contributed by atoms with Gasteiger partial charge in [-0.25, -0.2) is 0 Å². The summed E-state index contributed by atoms with van der Waals surface area (Å²) in [5, 5.41) is 26.8. The predicted molar refractivity (Wildman–Crippen MR) is 228 cm³/mol. The third-order valence-corrected chi connectivity index (χ3v) is 11.3. The second kappa shape index (κ2) is 26.1. The molecule has 11 amide bonds. The van der Waals surface area contributed by atoms with Gasteiger partial charge in [0.1, 0.15) is 42.0 Å². The van der Waals surface area contributed by atoms with E-state index in [1.54, 1.807) is 13.8 Å². The Morgan fingerprint density at radius 1 is 0.812 bits per heavy atom. The third kappa shape index (κ3) is 18.8. The van der Waals surface area contributed by atoms with Gasteiger partial charge in [-0.05, 0) is 43.4 Å². The molecule has 0 saturated carbocycles. The molecular weight excluding hydrogens is 863 g/mol. The zero-order chi connectivity index (χ0) is 48.3. The van der Waals surface area contributed by atoms with Gasteiger partial charge in [-0.1, -0.05) is 32.4 Å². The number of hydrogen-bond donors (Lipinski definition) is 11. The van der Waals surface area contributed by atoms with Crippen molar-refractivity contribution in [3.8, 4) is 5.75 Å². The van der Waals surface area contributed by atoms with E-state index in [-0.39, 0.29) is 36.5 Å². The van der Waals surface area contributed by atoms with Crippen molar-refractivity contribution in [2.24, 2.45) is 23.1 Å². The Morgan fingerprint density at radius 2 is 1.42 bits per heavy atom. The summed E-state index contributed by atoms with van der Waals surface area (Å²) < 4.78 is 13.3.